The summed E-state index contributed by atoms with van der Waals surface area (Å²) in [6.45, 7) is 2.49. The molecule has 0 aliphatic carbocycles. The van der Waals surface area contributed by atoms with Gasteiger partial charge in [0.15, 0.2) is 0 Å². The summed E-state index contributed by atoms with van der Waals surface area (Å²) in [4.78, 5) is 0. The van der Waals surface area contributed by atoms with E-state index in [0.29, 0.717) is 4.75 Å². The van der Waals surface area contributed by atoms with E-state index in [-0.39, 0.29) is 0 Å². The normalized spacial score (nSPS) is 34.3. The van der Waals surface area contributed by atoms with Crippen LogP contribution in [0.3, 0.4) is 0 Å². The molecule has 0 aromatic rings. The van der Waals surface area contributed by atoms with Crippen molar-refractivity contribution in [1.29, 1.82) is 0 Å². The van der Waals surface area contributed by atoms with E-state index in [1.54, 1.807) is 0 Å². The van der Waals surface area contributed by atoms with Crippen LogP contribution in [0.1, 0.15) is 6.42 Å². The maximum Gasteiger partial charge on any atom is 0.0422 e. The molecule has 1 spiro atoms. The zero-order chi connectivity index (χ0) is 4.74. The Hall–Kier alpha value is 0.310. The van der Waals surface area contributed by atoms with Crippen molar-refractivity contribution in [3.05, 3.63) is 5.75 Å². The zero-order valence-electron chi connectivity index (χ0n) is 4.11. The molecule has 0 unspecified atom stereocenters. The monoisotopic (exact) mass is 114 g/mol. The van der Waals surface area contributed by atoms with Gasteiger partial charge in [0.05, 0.1) is 0 Å². The third-order valence-electron chi connectivity index (χ3n) is 1.68. The van der Waals surface area contributed by atoms with Crippen molar-refractivity contribution in [3.63, 3.8) is 0 Å². The highest BCUT2D eigenvalue weighted by atomic mass is 32.2. The number of rotatable bonds is 0. The highest BCUT2D eigenvalue weighted by Crippen LogP contribution is 2.46. The third kappa shape index (κ3) is 0.441. The number of thioether (sulfide) groups is 1. The van der Waals surface area contributed by atoms with Crippen LogP contribution in [0.15, 0.2) is 0 Å². The van der Waals surface area contributed by atoms with E-state index >= 15 is 0 Å². The van der Waals surface area contributed by atoms with Crippen LogP contribution in [0.25, 0.3) is 0 Å². The summed E-state index contributed by atoms with van der Waals surface area (Å²) in [6.07, 6.45) is 1.34. The van der Waals surface area contributed by atoms with Gasteiger partial charge in [0, 0.05) is 23.6 Å². The quantitative estimate of drug-likeness (QED) is 0.495. The van der Waals surface area contributed by atoms with Crippen molar-refractivity contribution in [2.45, 2.75) is 11.2 Å². The van der Waals surface area contributed by atoms with Gasteiger partial charge < -0.3 is 5.32 Å². The van der Waals surface area contributed by atoms with Gasteiger partial charge in [0.2, 0.25) is 0 Å². The van der Waals surface area contributed by atoms with E-state index in [2.05, 4.69) is 11.1 Å². The van der Waals surface area contributed by atoms with Gasteiger partial charge in [-0.3, -0.25) is 0 Å². The summed E-state index contributed by atoms with van der Waals surface area (Å²) < 4.78 is 0.694. The molecule has 2 heterocycles. The Morgan fingerprint density at radius 1 is 1.57 bits per heavy atom. The van der Waals surface area contributed by atoms with Crippen molar-refractivity contribution in [3.8, 4) is 0 Å². The first-order valence-electron chi connectivity index (χ1n) is 2.62. The minimum atomic E-state index is 0.694. The zero-order valence-corrected chi connectivity index (χ0v) is 4.92. The molecular weight excluding hydrogens is 106 g/mol. The standard InChI is InChI=1S/C5H8NS/c1-2-7-5(1)3-6-4-5/h2,6H,1,3-4H2. The Bertz CT molecular complexity index is 68.6. The molecule has 2 aliphatic rings. The van der Waals surface area contributed by atoms with Crippen LogP contribution in [0.5, 0.6) is 0 Å². The Morgan fingerprint density at radius 3 is 2.29 bits per heavy atom. The van der Waals surface area contributed by atoms with Gasteiger partial charge in [0.25, 0.3) is 0 Å². The Balaban J connectivity index is 2.00. The fraction of sp³-hybridized carbons (Fsp3) is 0.800. The van der Waals surface area contributed by atoms with E-state index in [4.69, 9.17) is 0 Å². The molecule has 39 valence electrons. The topological polar surface area (TPSA) is 12.0 Å². The van der Waals surface area contributed by atoms with Crippen LogP contribution in [0.2, 0.25) is 0 Å². The van der Waals surface area contributed by atoms with Crippen molar-refractivity contribution in [2.24, 2.45) is 0 Å². The summed E-state index contributed by atoms with van der Waals surface area (Å²) in [6, 6.07) is 0. The fourth-order valence-electron chi connectivity index (χ4n) is 0.951. The van der Waals surface area contributed by atoms with Crippen LogP contribution in [0, 0.1) is 5.75 Å². The maximum atomic E-state index is 3.26. The van der Waals surface area contributed by atoms with Crippen LogP contribution in [-0.2, 0) is 0 Å². The molecule has 1 nitrogen and oxygen atoms in total. The van der Waals surface area contributed by atoms with E-state index in [9.17, 15) is 0 Å². The molecule has 1 radical (unpaired) electrons. The van der Waals surface area contributed by atoms with Gasteiger partial charge >= 0.3 is 0 Å². The van der Waals surface area contributed by atoms with E-state index in [0.717, 1.165) is 0 Å². The molecule has 0 saturated carbocycles. The molecule has 2 saturated heterocycles. The second-order valence-corrected chi connectivity index (χ2v) is 3.71. The van der Waals surface area contributed by atoms with Gasteiger partial charge in [-0.15, -0.1) is 11.8 Å². The summed E-state index contributed by atoms with van der Waals surface area (Å²) in [5.41, 5.74) is 0. The molecule has 1 N–H and O–H groups in total. The van der Waals surface area contributed by atoms with Gasteiger partial charge in [-0.1, -0.05) is 0 Å². The third-order valence-corrected chi connectivity index (χ3v) is 2.97. The summed E-state index contributed by atoms with van der Waals surface area (Å²) >= 11 is 2.01. The molecule has 0 atom stereocenters. The number of nitrogens with one attached hydrogen (secondary N) is 1. The van der Waals surface area contributed by atoms with E-state index in [1.165, 1.54) is 19.5 Å². The molecular formula is C5H8NS. The second-order valence-electron chi connectivity index (χ2n) is 2.28. The number of hydrogen-bond donors (Lipinski definition) is 1. The van der Waals surface area contributed by atoms with Crippen molar-refractivity contribution in [2.75, 3.05) is 13.1 Å². The highest BCUT2D eigenvalue weighted by Gasteiger charge is 2.43. The molecule has 7 heavy (non-hydrogen) atoms. The Kier molecular flexibility index (Phi) is 0.707. The molecule has 2 heteroatoms. The van der Waals surface area contributed by atoms with Gasteiger partial charge in [-0.2, -0.15) is 0 Å². The lowest BCUT2D eigenvalue weighted by Gasteiger charge is -2.48. The average molecular weight is 114 g/mol. The first kappa shape index (κ1) is 4.21. The molecule has 0 bridgehead atoms. The Morgan fingerprint density at radius 2 is 2.29 bits per heavy atom. The van der Waals surface area contributed by atoms with Crippen LogP contribution >= 0.6 is 11.8 Å². The minimum Gasteiger partial charge on any atom is -0.314 e. The lowest BCUT2D eigenvalue weighted by atomic mass is 9.98. The first-order valence-corrected chi connectivity index (χ1v) is 3.50. The smallest absolute Gasteiger partial charge is 0.0422 e. The molecule has 0 aromatic carbocycles. The first-order chi connectivity index (χ1) is 3.41. The van der Waals surface area contributed by atoms with Crippen LogP contribution in [-0.4, -0.2) is 17.8 Å². The SMILES string of the molecule is [CH]1CC2(CNC2)S1. The predicted molar refractivity (Wildman–Crippen MR) is 32.1 cm³/mol. The molecule has 0 amide bonds. The average Bonchev–Trinajstić information content (AvgIpc) is 1.20. The highest BCUT2D eigenvalue weighted by molar-refractivity contribution is 8.04. The predicted octanol–water partition coefficient (Wildman–Crippen LogP) is 0.627. The summed E-state index contributed by atoms with van der Waals surface area (Å²) in [7, 11) is 0. The lowest BCUT2D eigenvalue weighted by molar-refractivity contribution is 0.377. The number of hydrogen-bond acceptors (Lipinski definition) is 2. The molecule has 2 aliphatic heterocycles. The van der Waals surface area contributed by atoms with Crippen molar-refractivity contribution in [1.82, 2.24) is 5.32 Å². The van der Waals surface area contributed by atoms with Gasteiger partial charge in [-0.05, 0) is 6.42 Å². The van der Waals surface area contributed by atoms with E-state index < -0.39 is 0 Å². The lowest BCUT2D eigenvalue weighted by Crippen LogP contribution is -2.60. The summed E-state index contributed by atoms with van der Waals surface area (Å²) in [5, 5.41) is 3.26. The maximum absolute atomic E-state index is 3.26. The molecule has 2 rings (SSSR count). The molecule has 2 fully saturated rings. The minimum absolute atomic E-state index is 0.694. The van der Waals surface area contributed by atoms with Crippen LogP contribution < -0.4 is 5.32 Å². The van der Waals surface area contributed by atoms with Gasteiger partial charge in [0.1, 0.15) is 0 Å². The summed E-state index contributed by atoms with van der Waals surface area (Å²) in [5.74, 6) is 2.29. The van der Waals surface area contributed by atoms with Crippen LogP contribution in [0.4, 0.5) is 0 Å². The van der Waals surface area contributed by atoms with E-state index in [1.807, 2.05) is 11.8 Å². The van der Waals surface area contributed by atoms with Crippen molar-refractivity contribution < 1.29 is 0 Å². The largest absolute Gasteiger partial charge is 0.314 e. The Labute approximate surface area is 47.9 Å². The molecule has 0 aromatic heterocycles. The van der Waals surface area contributed by atoms with Gasteiger partial charge in [-0.25, -0.2) is 0 Å². The fourth-order valence-corrected chi connectivity index (χ4v) is 1.96. The van der Waals surface area contributed by atoms with Crippen molar-refractivity contribution >= 4 is 11.8 Å². The second kappa shape index (κ2) is 1.17.